The molecule has 0 amide bonds. The molecule has 0 N–H and O–H groups in total. The Kier molecular flexibility index (Phi) is 4.26. The molecular formula is C9H17BrN2. The smallest absolute Gasteiger partial charge is 0.0251 e. The number of nitrogens with zero attached hydrogens (tertiary/aromatic N) is 2. The van der Waals surface area contributed by atoms with Crippen molar-refractivity contribution < 1.29 is 0 Å². The minimum atomic E-state index is 0.930. The van der Waals surface area contributed by atoms with Crippen LogP contribution in [0.1, 0.15) is 0 Å². The molecule has 0 aliphatic carbocycles. The molecule has 1 aliphatic rings. The zero-order chi connectivity index (χ0) is 8.97. The van der Waals surface area contributed by atoms with Gasteiger partial charge in [-0.3, -0.25) is 4.90 Å². The summed E-state index contributed by atoms with van der Waals surface area (Å²) in [5.41, 5.74) is 1.28. The van der Waals surface area contributed by atoms with E-state index in [0.29, 0.717) is 0 Å². The summed E-state index contributed by atoms with van der Waals surface area (Å²) in [4.78, 5) is 4.83. The van der Waals surface area contributed by atoms with Gasteiger partial charge in [-0.2, -0.15) is 0 Å². The third-order valence-electron chi connectivity index (χ3n) is 2.23. The molecule has 0 spiro atoms. The predicted octanol–water partition coefficient (Wildman–Crippen LogP) is 1.18. The molecule has 0 aromatic rings. The van der Waals surface area contributed by atoms with Crippen molar-refractivity contribution in [3.8, 4) is 0 Å². The topological polar surface area (TPSA) is 6.48 Å². The first-order chi connectivity index (χ1) is 5.72. The van der Waals surface area contributed by atoms with Crippen molar-refractivity contribution in [3.63, 3.8) is 0 Å². The average Bonchev–Trinajstić information content (AvgIpc) is 2.09. The molecule has 0 atom stereocenters. The highest BCUT2D eigenvalue weighted by Crippen LogP contribution is 2.04. The second kappa shape index (κ2) is 5.00. The van der Waals surface area contributed by atoms with Crippen LogP contribution in [0.15, 0.2) is 12.2 Å². The Morgan fingerprint density at radius 1 is 1.33 bits per heavy atom. The maximum Gasteiger partial charge on any atom is 0.0251 e. The maximum atomic E-state index is 3.98. The quantitative estimate of drug-likeness (QED) is 0.533. The highest BCUT2D eigenvalue weighted by Gasteiger charge is 2.13. The third kappa shape index (κ3) is 3.25. The lowest BCUT2D eigenvalue weighted by atomic mass is 10.2. The van der Waals surface area contributed by atoms with Gasteiger partial charge in [0.1, 0.15) is 0 Å². The van der Waals surface area contributed by atoms with E-state index in [9.17, 15) is 0 Å². The van der Waals surface area contributed by atoms with Gasteiger partial charge < -0.3 is 4.90 Å². The zero-order valence-corrected chi connectivity index (χ0v) is 9.31. The van der Waals surface area contributed by atoms with Crippen LogP contribution in [0.25, 0.3) is 0 Å². The first-order valence-corrected chi connectivity index (χ1v) is 5.48. The molecule has 0 saturated carbocycles. The Morgan fingerprint density at radius 2 is 1.92 bits per heavy atom. The van der Waals surface area contributed by atoms with Gasteiger partial charge in [-0.25, -0.2) is 0 Å². The lowest BCUT2D eigenvalue weighted by Gasteiger charge is -2.32. The van der Waals surface area contributed by atoms with E-state index in [1.54, 1.807) is 0 Å². The second-order valence-electron chi connectivity index (χ2n) is 3.46. The number of hydrogen-bond donors (Lipinski definition) is 0. The standard InChI is InChI=1S/C9H17BrN2/c1-9(7-10)8-12-5-3-11(2)4-6-12/h1,3-8H2,2H3. The molecule has 1 fully saturated rings. The van der Waals surface area contributed by atoms with Crippen molar-refractivity contribution in [2.75, 3.05) is 45.1 Å². The van der Waals surface area contributed by atoms with Crippen molar-refractivity contribution in [1.29, 1.82) is 0 Å². The fourth-order valence-electron chi connectivity index (χ4n) is 1.36. The normalized spacial score (nSPS) is 21.2. The third-order valence-corrected chi connectivity index (χ3v) is 3.03. The number of hydrogen-bond acceptors (Lipinski definition) is 2. The van der Waals surface area contributed by atoms with E-state index in [2.05, 4.69) is 39.4 Å². The van der Waals surface area contributed by atoms with Gasteiger partial charge in [0, 0.05) is 38.1 Å². The summed E-state index contributed by atoms with van der Waals surface area (Å²) in [6.07, 6.45) is 0. The number of halogens is 1. The maximum absolute atomic E-state index is 3.98. The molecule has 1 saturated heterocycles. The largest absolute Gasteiger partial charge is 0.304 e. The van der Waals surface area contributed by atoms with Gasteiger partial charge in [-0.15, -0.1) is 0 Å². The van der Waals surface area contributed by atoms with Crippen molar-refractivity contribution in [2.24, 2.45) is 0 Å². The van der Waals surface area contributed by atoms with E-state index >= 15 is 0 Å². The molecule has 2 nitrogen and oxygen atoms in total. The number of alkyl halides is 1. The Hall–Kier alpha value is 0.140. The van der Waals surface area contributed by atoms with Crippen LogP contribution in [0.4, 0.5) is 0 Å². The van der Waals surface area contributed by atoms with Crippen LogP contribution in [-0.4, -0.2) is 54.9 Å². The lowest BCUT2D eigenvalue weighted by Crippen LogP contribution is -2.45. The molecule has 3 heteroatoms. The summed E-state index contributed by atoms with van der Waals surface area (Å²) in [6, 6.07) is 0. The summed E-state index contributed by atoms with van der Waals surface area (Å²) in [5.74, 6) is 0. The summed E-state index contributed by atoms with van der Waals surface area (Å²) in [7, 11) is 2.18. The summed E-state index contributed by atoms with van der Waals surface area (Å²) in [6.45, 7) is 9.79. The van der Waals surface area contributed by atoms with Gasteiger partial charge in [-0.05, 0) is 7.05 Å². The summed E-state index contributed by atoms with van der Waals surface area (Å²) in [5, 5.41) is 0.930. The number of likely N-dealkylation sites (N-methyl/N-ethyl adjacent to an activating group) is 1. The molecule has 0 aromatic heterocycles. The Bertz CT molecular complexity index is 151. The van der Waals surface area contributed by atoms with Gasteiger partial charge >= 0.3 is 0 Å². The molecule has 12 heavy (non-hydrogen) atoms. The van der Waals surface area contributed by atoms with Crippen LogP contribution in [0.3, 0.4) is 0 Å². The van der Waals surface area contributed by atoms with Crippen molar-refractivity contribution in [2.45, 2.75) is 0 Å². The van der Waals surface area contributed by atoms with E-state index in [0.717, 1.165) is 11.9 Å². The van der Waals surface area contributed by atoms with Gasteiger partial charge in [0.2, 0.25) is 0 Å². The second-order valence-corrected chi connectivity index (χ2v) is 4.02. The molecule has 0 bridgehead atoms. The Morgan fingerprint density at radius 3 is 2.42 bits per heavy atom. The molecule has 70 valence electrons. The van der Waals surface area contributed by atoms with Gasteiger partial charge in [-0.1, -0.05) is 28.1 Å². The SMILES string of the molecule is C=C(CBr)CN1CCN(C)CC1. The molecule has 0 aromatic carbocycles. The fraction of sp³-hybridized carbons (Fsp3) is 0.778. The van der Waals surface area contributed by atoms with Crippen LogP contribution in [0.5, 0.6) is 0 Å². The monoisotopic (exact) mass is 232 g/mol. The van der Waals surface area contributed by atoms with Gasteiger partial charge in [0.05, 0.1) is 0 Å². The van der Waals surface area contributed by atoms with Crippen LogP contribution >= 0.6 is 15.9 Å². The Balaban J connectivity index is 2.21. The van der Waals surface area contributed by atoms with Crippen LogP contribution in [0, 0.1) is 0 Å². The molecule has 0 unspecified atom stereocenters. The van der Waals surface area contributed by atoms with Crippen LogP contribution in [-0.2, 0) is 0 Å². The molecule has 1 heterocycles. The summed E-state index contributed by atoms with van der Waals surface area (Å²) < 4.78 is 0. The average molecular weight is 233 g/mol. The zero-order valence-electron chi connectivity index (χ0n) is 7.72. The predicted molar refractivity (Wildman–Crippen MR) is 56.9 cm³/mol. The fourth-order valence-corrected chi connectivity index (χ4v) is 1.54. The number of rotatable bonds is 3. The minimum absolute atomic E-state index is 0.930. The highest BCUT2D eigenvalue weighted by molar-refractivity contribution is 9.09. The van der Waals surface area contributed by atoms with E-state index in [1.807, 2.05) is 0 Å². The van der Waals surface area contributed by atoms with Gasteiger partial charge in [0.25, 0.3) is 0 Å². The van der Waals surface area contributed by atoms with Gasteiger partial charge in [0.15, 0.2) is 0 Å². The van der Waals surface area contributed by atoms with Crippen molar-refractivity contribution in [1.82, 2.24) is 9.80 Å². The Labute approximate surface area is 83.4 Å². The lowest BCUT2D eigenvalue weighted by molar-refractivity contribution is 0.164. The van der Waals surface area contributed by atoms with Crippen LogP contribution in [0.2, 0.25) is 0 Å². The van der Waals surface area contributed by atoms with E-state index in [4.69, 9.17) is 0 Å². The molecule has 1 rings (SSSR count). The van der Waals surface area contributed by atoms with E-state index in [1.165, 1.54) is 31.8 Å². The summed E-state index contributed by atoms with van der Waals surface area (Å²) >= 11 is 3.42. The molecular weight excluding hydrogens is 216 g/mol. The number of piperazine rings is 1. The van der Waals surface area contributed by atoms with E-state index in [-0.39, 0.29) is 0 Å². The highest BCUT2D eigenvalue weighted by atomic mass is 79.9. The van der Waals surface area contributed by atoms with Crippen molar-refractivity contribution in [3.05, 3.63) is 12.2 Å². The van der Waals surface area contributed by atoms with E-state index < -0.39 is 0 Å². The van der Waals surface area contributed by atoms with Crippen LogP contribution < -0.4 is 0 Å². The minimum Gasteiger partial charge on any atom is -0.304 e. The first-order valence-electron chi connectivity index (χ1n) is 4.36. The molecule has 1 aliphatic heterocycles. The molecule has 0 radical (unpaired) electrons. The first kappa shape index (κ1) is 10.2. The van der Waals surface area contributed by atoms with Crippen molar-refractivity contribution >= 4 is 15.9 Å².